The number of carbonyl (C=O) groups is 1. The van der Waals surface area contributed by atoms with E-state index in [1.54, 1.807) is 0 Å². The standard InChI is InChI=1S/C15H20N2O/c1-12-6-5-9-17(11-12)15(18)14(10-16)13-7-3-2-4-8-13/h2-4,6-8,14H,5,9-11,16H2,1H3. The Hall–Kier alpha value is -1.61. The number of carbonyl (C=O) groups excluding carboxylic acids is 1. The van der Waals surface area contributed by atoms with E-state index < -0.39 is 0 Å². The summed E-state index contributed by atoms with van der Waals surface area (Å²) in [6.07, 6.45) is 3.15. The highest BCUT2D eigenvalue weighted by atomic mass is 16.2. The Morgan fingerprint density at radius 3 is 2.72 bits per heavy atom. The maximum Gasteiger partial charge on any atom is 0.231 e. The minimum absolute atomic E-state index is 0.149. The second-order valence-electron chi connectivity index (χ2n) is 4.80. The van der Waals surface area contributed by atoms with E-state index in [1.165, 1.54) is 5.57 Å². The molecule has 1 aromatic rings. The Morgan fingerprint density at radius 2 is 2.11 bits per heavy atom. The minimum atomic E-state index is -0.211. The second-order valence-corrected chi connectivity index (χ2v) is 4.80. The van der Waals surface area contributed by atoms with Crippen molar-refractivity contribution in [1.82, 2.24) is 4.90 Å². The Morgan fingerprint density at radius 1 is 1.39 bits per heavy atom. The first-order chi connectivity index (χ1) is 8.72. The van der Waals surface area contributed by atoms with Crippen molar-refractivity contribution in [1.29, 1.82) is 0 Å². The molecular weight excluding hydrogens is 224 g/mol. The first-order valence-electron chi connectivity index (χ1n) is 6.42. The Labute approximate surface area is 108 Å². The average Bonchev–Trinajstić information content (AvgIpc) is 2.41. The van der Waals surface area contributed by atoms with Crippen LogP contribution in [0.3, 0.4) is 0 Å². The second kappa shape index (κ2) is 5.83. The van der Waals surface area contributed by atoms with E-state index in [9.17, 15) is 4.79 Å². The van der Waals surface area contributed by atoms with Gasteiger partial charge >= 0.3 is 0 Å². The van der Waals surface area contributed by atoms with Crippen molar-refractivity contribution in [2.75, 3.05) is 19.6 Å². The van der Waals surface area contributed by atoms with Gasteiger partial charge in [-0.1, -0.05) is 42.0 Å². The van der Waals surface area contributed by atoms with Gasteiger partial charge in [0.05, 0.1) is 5.92 Å². The predicted octanol–water partition coefficient (Wildman–Crippen LogP) is 1.91. The van der Waals surface area contributed by atoms with Crippen molar-refractivity contribution >= 4 is 5.91 Å². The zero-order valence-corrected chi connectivity index (χ0v) is 10.8. The van der Waals surface area contributed by atoms with Gasteiger partial charge in [0.15, 0.2) is 0 Å². The molecule has 1 aliphatic heterocycles. The minimum Gasteiger partial charge on any atom is -0.338 e. The summed E-state index contributed by atoms with van der Waals surface area (Å²) < 4.78 is 0. The lowest BCUT2D eigenvalue weighted by atomic mass is 9.96. The topological polar surface area (TPSA) is 46.3 Å². The average molecular weight is 244 g/mol. The zero-order chi connectivity index (χ0) is 13.0. The number of hydrogen-bond donors (Lipinski definition) is 1. The molecule has 0 aromatic heterocycles. The monoisotopic (exact) mass is 244 g/mol. The molecule has 0 fully saturated rings. The van der Waals surface area contributed by atoms with Gasteiger partial charge in [-0.2, -0.15) is 0 Å². The maximum absolute atomic E-state index is 12.5. The molecule has 0 saturated heterocycles. The Kier molecular flexibility index (Phi) is 4.15. The van der Waals surface area contributed by atoms with Gasteiger partial charge in [-0.05, 0) is 18.9 Å². The molecule has 1 atom stereocenters. The highest BCUT2D eigenvalue weighted by Gasteiger charge is 2.25. The molecule has 1 aliphatic rings. The lowest BCUT2D eigenvalue weighted by Gasteiger charge is -2.29. The van der Waals surface area contributed by atoms with E-state index in [0.717, 1.165) is 25.1 Å². The van der Waals surface area contributed by atoms with Crippen LogP contribution in [0.4, 0.5) is 0 Å². The number of nitrogens with zero attached hydrogens (tertiary/aromatic N) is 1. The molecule has 2 N–H and O–H groups in total. The smallest absolute Gasteiger partial charge is 0.231 e. The van der Waals surface area contributed by atoms with E-state index in [2.05, 4.69) is 13.0 Å². The van der Waals surface area contributed by atoms with Gasteiger partial charge in [-0.25, -0.2) is 0 Å². The van der Waals surface area contributed by atoms with Crippen LogP contribution < -0.4 is 5.73 Å². The highest BCUT2D eigenvalue weighted by Crippen LogP contribution is 2.20. The van der Waals surface area contributed by atoms with Crippen LogP contribution in [-0.4, -0.2) is 30.4 Å². The number of amides is 1. The Bertz CT molecular complexity index is 439. The molecule has 1 aromatic carbocycles. The van der Waals surface area contributed by atoms with Crippen molar-refractivity contribution in [3.05, 3.63) is 47.5 Å². The first-order valence-corrected chi connectivity index (χ1v) is 6.42. The quantitative estimate of drug-likeness (QED) is 0.826. The summed E-state index contributed by atoms with van der Waals surface area (Å²) in [6.45, 7) is 3.98. The molecule has 3 nitrogen and oxygen atoms in total. The largest absolute Gasteiger partial charge is 0.338 e. The molecule has 96 valence electrons. The molecule has 0 bridgehead atoms. The van der Waals surface area contributed by atoms with E-state index >= 15 is 0 Å². The van der Waals surface area contributed by atoms with Gasteiger partial charge in [-0.15, -0.1) is 0 Å². The molecule has 1 unspecified atom stereocenters. The lowest BCUT2D eigenvalue weighted by Crippen LogP contribution is -2.40. The number of nitrogens with two attached hydrogens (primary N) is 1. The van der Waals surface area contributed by atoms with E-state index in [-0.39, 0.29) is 11.8 Å². The van der Waals surface area contributed by atoms with Crippen molar-refractivity contribution < 1.29 is 4.79 Å². The van der Waals surface area contributed by atoms with Crippen molar-refractivity contribution in [2.45, 2.75) is 19.3 Å². The van der Waals surface area contributed by atoms with Crippen LogP contribution >= 0.6 is 0 Å². The molecule has 0 aliphatic carbocycles. The van der Waals surface area contributed by atoms with E-state index in [0.29, 0.717) is 6.54 Å². The summed E-state index contributed by atoms with van der Waals surface area (Å²) in [5, 5.41) is 0. The van der Waals surface area contributed by atoms with Gasteiger partial charge in [0.2, 0.25) is 5.91 Å². The number of rotatable bonds is 3. The summed E-state index contributed by atoms with van der Waals surface area (Å²) in [5.41, 5.74) is 8.06. The molecule has 2 rings (SSSR count). The van der Waals surface area contributed by atoms with Gasteiger partial charge < -0.3 is 10.6 Å². The molecule has 1 heterocycles. The molecule has 0 radical (unpaired) electrons. The van der Waals surface area contributed by atoms with Gasteiger partial charge in [-0.3, -0.25) is 4.79 Å². The summed E-state index contributed by atoms with van der Waals surface area (Å²) in [4.78, 5) is 14.4. The summed E-state index contributed by atoms with van der Waals surface area (Å²) in [7, 11) is 0. The van der Waals surface area contributed by atoms with Crippen LogP contribution in [-0.2, 0) is 4.79 Å². The Balaban J connectivity index is 2.14. The fourth-order valence-corrected chi connectivity index (χ4v) is 2.38. The third-order valence-electron chi connectivity index (χ3n) is 3.38. The van der Waals surface area contributed by atoms with Crippen LogP contribution in [0.5, 0.6) is 0 Å². The van der Waals surface area contributed by atoms with Crippen LogP contribution in [0.1, 0.15) is 24.8 Å². The van der Waals surface area contributed by atoms with Crippen molar-refractivity contribution in [3.63, 3.8) is 0 Å². The van der Waals surface area contributed by atoms with Crippen molar-refractivity contribution in [2.24, 2.45) is 5.73 Å². The highest BCUT2D eigenvalue weighted by molar-refractivity contribution is 5.84. The molecule has 1 amide bonds. The number of hydrogen-bond acceptors (Lipinski definition) is 2. The molecule has 0 saturated carbocycles. The van der Waals surface area contributed by atoms with Crippen LogP contribution in [0, 0.1) is 0 Å². The third kappa shape index (κ3) is 2.79. The molecular formula is C15H20N2O. The lowest BCUT2D eigenvalue weighted by molar-refractivity contribution is -0.132. The van der Waals surface area contributed by atoms with E-state index in [4.69, 9.17) is 5.73 Å². The fourth-order valence-electron chi connectivity index (χ4n) is 2.38. The summed E-state index contributed by atoms with van der Waals surface area (Å²) in [5.74, 6) is -0.0618. The fraction of sp³-hybridized carbons (Fsp3) is 0.400. The van der Waals surface area contributed by atoms with Gasteiger partial charge in [0, 0.05) is 19.6 Å². The molecule has 0 spiro atoms. The third-order valence-corrected chi connectivity index (χ3v) is 3.38. The van der Waals surface area contributed by atoms with Crippen LogP contribution in [0.25, 0.3) is 0 Å². The first kappa shape index (κ1) is 12.8. The summed E-state index contributed by atoms with van der Waals surface area (Å²) >= 11 is 0. The normalized spacial score (nSPS) is 17.2. The van der Waals surface area contributed by atoms with Crippen LogP contribution in [0.15, 0.2) is 42.0 Å². The SMILES string of the molecule is CC1=CCCN(C(=O)C(CN)c2ccccc2)C1. The van der Waals surface area contributed by atoms with Crippen LogP contribution in [0.2, 0.25) is 0 Å². The van der Waals surface area contributed by atoms with Crippen molar-refractivity contribution in [3.8, 4) is 0 Å². The van der Waals surface area contributed by atoms with E-state index in [1.807, 2.05) is 35.2 Å². The predicted molar refractivity (Wildman–Crippen MR) is 73.2 cm³/mol. The molecule has 3 heteroatoms. The zero-order valence-electron chi connectivity index (χ0n) is 10.8. The molecule has 18 heavy (non-hydrogen) atoms. The maximum atomic E-state index is 12.5. The van der Waals surface area contributed by atoms with Gasteiger partial charge in [0.1, 0.15) is 0 Å². The summed E-state index contributed by atoms with van der Waals surface area (Å²) in [6, 6.07) is 9.80. The number of benzene rings is 1. The van der Waals surface area contributed by atoms with Gasteiger partial charge in [0.25, 0.3) is 0 Å².